The molecular formula is C15H25N. The Kier molecular flexibility index (Phi) is 6.17. The summed E-state index contributed by atoms with van der Waals surface area (Å²) in [6.45, 7) is 5.21. The third kappa shape index (κ3) is 3.97. The molecule has 0 aromatic heterocycles. The van der Waals surface area contributed by atoms with E-state index in [9.17, 15) is 0 Å². The van der Waals surface area contributed by atoms with E-state index >= 15 is 0 Å². The van der Waals surface area contributed by atoms with Crippen molar-refractivity contribution in [2.75, 3.05) is 6.54 Å². The number of nitrogens with two attached hydrogens (primary N) is 1. The molecule has 1 atom stereocenters. The summed E-state index contributed by atoms with van der Waals surface area (Å²) in [6.07, 6.45) is 6.55. The maximum absolute atomic E-state index is 5.89. The van der Waals surface area contributed by atoms with E-state index in [1.165, 1.54) is 43.2 Å². The molecule has 0 radical (unpaired) electrons. The number of hydrogen-bond acceptors (Lipinski definition) is 1. The van der Waals surface area contributed by atoms with Gasteiger partial charge in [-0.3, -0.25) is 0 Å². The Morgan fingerprint density at radius 3 is 2.50 bits per heavy atom. The minimum Gasteiger partial charge on any atom is -0.330 e. The van der Waals surface area contributed by atoms with Crippen LogP contribution in [0.5, 0.6) is 0 Å². The van der Waals surface area contributed by atoms with Gasteiger partial charge in [-0.2, -0.15) is 0 Å². The van der Waals surface area contributed by atoms with Gasteiger partial charge in [0.2, 0.25) is 0 Å². The van der Waals surface area contributed by atoms with Crippen molar-refractivity contribution in [3.05, 3.63) is 35.4 Å². The molecule has 1 aromatic carbocycles. The van der Waals surface area contributed by atoms with Gasteiger partial charge in [0.15, 0.2) is 0 Å². The van der Waals surface area contributed by atoms with E-state index in [2.05, 4.69) is 38.1 Å². The number of rotatable bonds is 7. The first-order valence-corrected chi connectivity index (χ1v) is 6.55. The van der Waals surface area contributed by atoms with E-state index in [4.69, 9.17) is 5.73 Å². The topological polar surface area (TPSA) is 26.0 Å². The molecule has 1 nitrogen and oxygen atoms in total. The van der Waals surface area contributed by atoms with Crippen LogP contribution in [0.15, 0.2) is 24.3 Å². The van der Waals surface area contributed by atoms with Crippen LogP contribution in [0.1, 0.15) is 56.1 Å². The molecule has 90 valence electrons. The summed E-state index contributed by atoms with van der Waals surface area (Å²) in [5.74, 6) is 0.554. The molecule has 0 heterocycles. The van der Waals surface area contributed by atoms with Crippen molar-refractivity contribution >= 4 is 0 Å². The third-order valence-corrected chi connectivity index (χ3v) is 3.32. The molecule has 16 heavy (non-hydrogen) atoms. The first kappa shape index (κ1) is 13.2. The predicted molar refractivity (Wildman–Crippen MR) is 71.7 cm³/mol. The Morgan fingerprint density at radius 1 is 1.12 bits per heavy atom. The van der Waals surface area contributed by atoms with Crippen LogP contribution < -0.4 is 5.73 Å². The number of hydrogen-bond donors (Lipinski definition) is 1. The van der Waals surface area contributed by atoms with Crippen molar-refractivity contribution < 1.29 is 0 Å². The Bertz CT molecular complexity index is 293. The van der Waals surface area contributed by atoms with Crippen molar-refractivity contribution in [2.24, 2.45) is 5.73 Å². The fraction of sp³-hybridized carbons (Fsp3) is 0.600. The van der Waals surface area contributed by atoms with Crippen LogP contribution >= 0.6 is 0 Å². The highest BCUT2D eigenvalue weighted by atomic mass is 14.5. The zero-order valence-corrected chi connectivity index (χ0v) is 10.7. The van der Waals surface area contributed by atoms with Gasteiger partial charge in [-0.05, 0) is 36.9 Å². The molecule has 0 amide bonds. The SMILES string of the molecule is CCCCCCC(CN)c1ccccc1C. The molecular weight excluding hydrogens is 194 g/mol. The number of aryl methyl sites for hydroxylation is 1. The van der Waals surface area contributed by atoms with Gasteiger partial charge in [0, 0.05) is 0 Å². The second-order valence-corrected chi connectivity index (χ2v) is 4.64. The molecule has 0 fully saturated rings. The minimum absolute atomic E-state index is 0.554. The first-order chi connectivity index (χ1) is 7.79. The maximum Gasteiger partial charge on any atom is -0.000814 e. The van der Waals surface area contributed by atoms with Crippen molar-refractivity contribution in [3.8, 4) is 0 Å². The molecule has 2 N–H and O–H groups in total. The molecule has 0 aliphatic heterocycles. The van der Waals surface area contributed by atoms with Crippen molar-refractivity contribution in [2.45, 2.75) is 51.9 Å². The van der Waals surface area contributed by atoms with E-state index in [0.717, 1.165) is 6.54 Å². The molecule has 0 aliphatic rings. The van der Waals surface area contributed by atoms with Crippen LogP contribution in [0, 0.1) is 6.92 Å². The lowest BCUT2D eigenvalue weighted by Gasteiger charge is -2.17. The van der Waals surface area contributed by atoms with Gasteiger partial charge in [0.25, 0.3) is 0 Å². The summed E-state index contributed by atoms with van der Waals surface area (Å²) in [4.78, 5) is 0. The van der Waals surface area contributed by atoms with Gasteiger partial charge >= 0.3 is 0 Å². The van der Waals surface area contributed by atoms with Gasteiger partial charge in [0.1, 0.15) is 0 Å². The Balaban J connectivity index is 2.51. The quantitative estimate of drug-likeness (QED) is 0.689. The van der Waals surface area contributed by atoms with E-state index in [1.807, 2.05) is 0 Å². The lowest BCUT2D eigenvalue weighted by Crippen LogP contribution is -2.13. The van der Waals surface area contributed by atoms with Crippen LogP contribution in [0.2, 0.25) is 0 Å². The lowest BCUT2D eigenvalue weighted by molar-refractivity contribution is 0.557. The van der Waals surface area contributed by atoms with Crippen LogP contribution in [0.3, 0.4) is 0 Å². The summed E-state index contributed by atoms with van der Waals surface area (Å²) in [6, 6.07) is 8.64. The predicted octanol–water partition coefficient (Wildman–Crippen LogP) is 4.01. The van der Waals surface area contributed by atoms with Crippen molar-refractivity contribution in [1.29, 1.82) is 0 Å². The Morgan fingerprint density at radius 2 is 1.88 bits per heavy atom. The summed E-state index contributed by atoms with van der Waals surface area (Å²) in [5.41, 5.74) is 8.72. The molecule has 1 rings (SSSR count). The summed E-state index contributed by atoms with van der Waals surface area (Å²) >= 11 is 0. The largest absolute Gasteiger partial charge is 0.330 e. The first-order valence-electron chi connectivity index (χ1n) is 6.55. The fourth-order valence-corrected chi connectivity index (χ4v) is 2.26. The van der Waals surface area contributed by atoms with Crippen LogP contribution in [0.4, 0.5) is 0 Å². The zero-order valence-electron chi connectivity index (χ0n) is 10.7. The molecule has 1 heteroatoms. The van der Waals surface area contributed by atoms with E-state index in [0.29, 0.717) is 5.92 Å². The minimum atomic E-state index is 0.554. The highest BCUT2D eigenvalue weighted by Gasteiger charge is 2.10. The van der Waals surface area contributed by atoms with Gasteiger partial charge in [-0.1, -0.05) is 56.9 Å². The standard InChI is InChI=1S/C15H25N/c1-3-4-5-6-10-14(12-16)15-11-8-7-9-13(15)2/h7-9,11,14H,3-6,10,12,16H2,1-2H3. The lowest BCUT2D eigenvalue weighted by atomic mass is 9.90. The maximum atomic E-state index is 5.89. The van der Waals surface area contributed by atoms with Crippen LogP contribution in [-0.2, 0) is 0 Å². The molecule has 1 aromatic rings. The molecule has 0 bridgehead atoms. The molecule has 0 spiro atoms. The second kappa shape index (κ2) is 7.45. The smallest absolute Gasteiger partial charge is 0.000814 e. The van der Waals surface area contributed by atoms with E-state index < -0.39 is 0 Å². The molecule has 0 saturated carbocycles. The molecule has 0 saturated heterocycles. The van der Waals surface area contributed by atoms with E-state index in [1.54, 1.807) is 0 Å². The Labute approximate surface area is 100 Å². The summed E-state index contributed by atoms with van der Waals surface area (Å²) < 4.78 is 0. The van der Waals surface area contributed by atoms with Crippen LogP contribution in [0.25, 0.3) is 0 Å². The third-order valence-electron chi connectivity index (χ3n) is 3.32. The molecule has 1 unspecified atom stereocenters. The average molecular weight is 219 g/mol. The fourth-order valence-electron chi connectivity index (χ4n) is 2.26. The monoisotopic (exact) mass is 219 g/mol. The van der Waals surface area contributed by atoms with E-state index in [-0.39, 0.29) is 0 Å². The molecule has 0 aliphatic carbocycles. The van der Waals surface area contributed by atoms with Gasteiger partial charge < -0.3 is 5.73 Å². The second-order valence-electron chi connectivity index (χ2n) is 4.64. The Hall–Kier alpha value is -0.820. The van der Waals surface area contributed by atoms with Gasteiger partial charge in [-0.25, -0.2) is 0 Å². The highest BCUT2D eigenvalue weighted by molar-refractivity contribution is 5.29. The van der Waals surface area contributed by atoms with Crippen molar-refractivity contribution in [1.82, 2.24) is 0 Å². The zero-order chi connectivity index (χ0) is 11.8. The summed E-state index contributed by atoms with van der Waals surface area (Å²) in [7, 11) is 0. The highest BCUT2D eigenvalue weighted by Crippen LogP contribution is 2.24. The van der Waals surface area contributed by atoms with Gasteiger partial charge in [0.05, 0.1) is 0 Å². The number of unbranched alkanes of at least 4 members (excludes halogenated alkanes) is 3. The number of benzene rings is 1. The van der Waals surface area contributed by atoms with Crippen LogP contribution in [-0.4, -0.2) is 6.54 Å². The summed E-state index contributed by atoms with van der Waals surface area (Å²) in [5, 5.41) is 0. The average Bonchev–Trinajstić information content (AvgIpc) is 2.31. The van der Waals surface area contributed by atoms with Crippen molar-refractivity contribution in [3.63, 3.8) is 0 Å². The normalized spacial score (nSPS) is 12.7. The van der Waals surface area contributed by atoms with Gasteiger partial charge in [-0.15, -0.1) is 0 Å².